The average Bonchev–Trinajstić information content (AvgIpc) is 3.08. The predicted octanol–water partition coefficient (Wildman–Crippen LogP) is 4.06. The molecule has 3 N–H and O–H groups in total. The fraction of sp³-hybridized carbons (Fsp3) is 0.308. The standard InChI is InChI=1S/C13H14FN3S3/c1-7(15)5-9-10(14)11-12(19-9)13(20-17-11)16-6-8-3-2-4-18-8/h2-4,7,16H,5-6,15H2,1H3/t7-/m0/s1. The second-order valence-electron chi connectivity index (χ2n) is 4.64. The van der Waals surface area contributed by atoms with Crippen molar-refractivity contribution >= 4 is 49.4 Å². The van der Waals surface area contributed by atoms with Gasteiger partial charge in [0, 0.05) is 15.8 Å². The van der Waals surface area contributed by atoms with E-state index >= 15 is 0 Å². The number of nitrogens with zero attached hydrogens (tertiary/aromatic N) is 1. The van der Waals surface area contributed by atoms with Crippen LogP contribution in [-0.2, 0) is 13.0 Å². The molecule has 0 radical (unpaired) electrons. The fourth-order valence-electron chi connectivity index (χ4n) is 1.93. The quantitative estimate of drug-likeness (QED) is 0.743. The summed E-state index contributed by atoms with van der Waals surface area (Å²) in [7, 11) is 0. The lowest BCUT2D eigenvalue weighted by atomic mass is 10.2. The van der Waals surface area contributed by atoms with Crippen molar-refractivity contribution in [2.45, 2.75) is 25.9 Å². The molecule has 3 aromatic rings. The minimum absolute atomic E-state index is 0.0431. The summed E-state index contributed by atoms with van der Waals surface area (Å²) in [5.74, 6) is -0.206. The van der Waals surface area contributed by atoms with Crippen molar-refractivity contribution in [1.82, 2.24) is 4.37 Å². The van der Waals surface area contributed by atoms with E-state index in [-0.39, 0.29) is 11.9 Å². The molecule has 3 aromatic heterocycles. The van der Waals surface area contributed by atoms with E-state index in [0.29, 0.717) is 16.8 Å². The third kappa shape index (κ3) is 2.71. The number of nitrogens with one attached hydrogen (secondary N) is 1. The molecule has 0 fully saturated rings. The Morgan fingerprint density at radius 2 is 2.35 bits per heavy atom. The number of rotatable bonds is 5. The SMILES string of the molecule is C[C@H](N)Cc1sc2c(NCc3cccs3)snc2c1F. The molecular formula is C13H14FN3S3. The maximum Gasteiger partial charge on any atom is 0.164 e. The van der Waals surface area contributed by atoms with Gasteiger partial charge in [-0.2, -0.15) is 4.37 Å². The number of aromatic nitrogens is 1. The summed E-state index contributed by atoms with van der Waals surface area (Å²) in [6.07, 6.45) is 0.557. The van der Waals surface area contributed by atoms with Gasteiger partial charge < -0.3 is 11.1 Å². The average molecular weight is 327 g/mol. The van der Waals surface area contributed by atoms with Crippen molar-refractivity contribution in [1.29, 1.82) is 0 Å². The molecule has 0 aliphatic heterocycles. The van der Waals surface area contributed by atoms with Crippen molar-refractivity contribution in [2.75, 3.05) is 5.32 Å². The zero-order valence-electron chi connectivity index (χ0n) is 10.9. The molecule has 7 heteroatoms. The molecule has 106 valence electrons. The molecule has 20 heavy (non-hydrogen) atoms. The minimum Gasteiger partial charge on any atom is -0.370 e. The summed E-state index contributed by atoms with van der Waals surface area (Å²) in [6.45, 7) is 2.63. The summed E-state index contributed by atoms with van der Waals surface area (Å²) in [6, 6.07) is 4.06. The first-order valence-corrected chi connectivity index (χ1v) is 8.70. The highest BCUT2D eigenvalue weighted by Gasteiger charge is 2.19. The van der Waals surface area contributed by atoms with Gasteiger partial charge >= 0.3 is 0 Å². The van der Waals surface area contributed by atoms with E-state index in [1.165, 1.54) is 27.7 Å². The summed E-state index contributed by atoms with van der Waals surface area (Å²) < 4.78 is 19.3. The van der Waals surface area contributed by atoms with Crippen LogP contribution in [0.1, 0.15) is 16.7 Å². The Kier molecular flexibility index (Phi) is 4.02. The van der Waals surface area contributed by atoms with Gasteiger partial charge in [0.05, 0.1) is 11.2 Å². The molecule has 0 aromatic carbocycles. The van der Waals surface area contributed by atoms with E-state index in [0.717, 1.165) is 16.2 Å². The Hall–Kier alpha value is -1.02. The summed E-state index contributed by atoms with van der Waals surface area (Å²) in [5.41, 5.74) is 6.23. The monoisotopic (exact) mass is 327 g/mol. The lowest BCUT2D eigenvalue weighted by Gasteiger charge is -2.02. The van der Waals surface area contributed by atoms with E-state index in [1.54, 1.807) is 11.3 Å². The molecule has 0 saturated heterocycles. The van der Waals surface area contributed by atoms with Crippen LogP contribution in [0.2, 0.25) is 0 Å². The second kappa shape index (κ2) is 5.77. The zero-order chi connectivity index (χ0) is 14.1. The summed E-state index contributed by atoms with van der Waals surface area (Å²) in [5, 5.41) is 6.33. The number of halogens is 1. The van der Waals surface area contributed by atoms with Crippen molar-refractivity contribution in [3.63, 3.8) is 0 Å². The van der Waals surface area contributed by atoms with Gasteiger partial charge in [-0.15, -0.1) is 22.7 Å². The van der Waals surface area contributed by atoms with Crippen molar-refractivity contribution in [2.24, 2.45) is 5.73 Å². The van der Waals surface area contributed by atoms with Crippen LogP contribution >= 0.6 is 34.2 Å². The number of hydrogen-bond acceptors (Lipinski definition) is 6. The van der Waals surface area contributed by atoms with Crippen LogP contribution < -0.4 is 11.1 Å². The maximum atomic E-state index is 14.2. The first kappa shape index (κ1) is 13.9. The first-order valence-electron chi connectivity index (χ1n) is 6.23. The molecule has 3 rings (SSSR count). The maximum absolute atomic E-state index is 14.2. The molecule has 0 aliphatic carbocycles. The van der Waals surface area contributed by atoms with Crippen LogP contribution in [0.5, 0.6) is 0 Å². The van der Waals surface area contributed by atoms with Gasteiger partial charge in [0.25, 0.3) is 0 Å². The van der Waals surface area contributed by atoms with E-state index in [9.17, 15) is 4.39 Å². The molecule has 0 bridgehead atoms. The Morgan fingerprint density at radius 1 is 1.50 bits per heavy atom. The van der Waals surface area contributed by atoms with Gasteiger partial charge in [-0.1, -0.05) is 6.07 Å². The Morgan fingerprint density at radius 3 is 3.05 bits per heavy atom. The van der Waals surface area contributed by atoms with E-state index in [1.807, 2.05) is 18.4 Å². The number of hydrogen-bond donors (Lipinski definition) is 2. The molecule has 0 saturated carbocycles. The smallest absolute Gasteiger partial charge is 0.164 e. The van der Waals surface area contributed by atoms with Crippen LogP contribution in [0.3, 0.4) is 0 Å². The highest BCUT2D eigenvalue weighted by Crippen LogP contribution is 2.38. The normalized spacial score (nSPS) is 12.9. The van der Waals surface area contributed by atoms with Crippen LogP contribution in [0, 0.1) is 5.82 Å². The number of fused-ring (bicyclic) bond motifs is 1. The van der Waals surface area contributed by atoms with Crippen molar-refractivity contribution < 1.29 is 4.39 Å². The molecule has 3 nitrogen and oxygen atoms in total. The van der Waals surface area contributed by atoms with Crippen LogP contribution in [0.4, 0.5) is 9.39 Å². The lowest BCUT2D eigenvalue weighted by molar-refractivity contribution is 0.614. The molecule has 3 heterocycles. The second-order valence-corrected chi connectivity index (χ2v) is 7.55. The molecular weight excluding hydrogens is 313 g/mol. The number of nitrogens with two attached hydrogens (primary N) is 1. The van der Waals surface area contributed by atoms with E-state index in [4.69, 9.17) is 5.73 Å². The number of anilines is 1. The van der Waals surface area contributed by atoms with Crippen molar-refractivity contribution in [3.05, 3.63) is 33.1 Å². The molecule has 0 spiro atoms. The van der Waals surface area contributed by atoms with Gasteiger partial charge in [-0.05, 0) is 36.3 Å². The van der Waals surface area contributed by atoms with E-state index in [2.05, 4.69) is 15.8 Å². The molecule has 0 amide bonds. The van der Waals surface area contributed by atoms with Crippen LogP contribution in [0.25, 0.3) is 10.2 Å². The molecule has 1 atom stereocenters. The third-order valence-corrected chi connectivity index (χ3v) is 5.84. The fourth-order valence-corrected chi connectivity index (χ4v) is 4.72. The van der Waals surface area contributed by atoms with Crippen molar-refractivity contribution in [3.8, 4) is 0 Å². The largest absolute Gasteiger partial charge is 0.370 e. The third-order valence-electron chi connectivity index (χ3n) is 2.84. The molecule has 0 unspecified atom stereocenters. The highest BCUT2D eigenvalue weighted by molar-refractivity contribution is 7.24. The van der Waals surface area contributed by atoms with Crippen LogP contribution in [0.15, 0.2) is 17.5 Å². The minimum atomic E-state index is -0.206. The molecule has 0 aliphatic rings. The first-order chi connectivity index (χ1) is 9.65. The van der Waals surface area contributed by atoms with Gasteiger partial charge in [-0.25, -0.2) is 4.39 Å². The topological polar surface area (TPSA) is 50.9 Å². The Balaban J connectivity index is 1.84. The van der Waals surface area contributed by atoms with Gasteiger partial charge in [-0.3, -0.25) is 0 Å². The van der Waals surface area contributed by atoms with Gasteiger partial charge in [0.1, 0.15) is 10.5 Å². The summed E-state index contributed by atoms with van der Waals surface area (Å²) in [4.78, 5) is 1.95. The van der Waals surface area contributed by atoms with E-state index < -0.39 is 0 Å². The summed E-state index contributed by atoms with van der Waals surface area (Å²) >= 11 is 4.47. The Labute approximate surface area is 128 Å². The predicted molar refractivity (Wildman–Crippen MR) is 86.5 cm³/mol. The van der Waals surface area contributed by atoms with Gasteiger partial charge in [0.15, 0.2) is 5.82 Å². The zero-order valence-corrected chi connectivity index (χ0v) is 13.3. The van der Waals surface area contributed by atoms with Gasteiger partial charge in [0.2, 0.25) is 0 Å². The Bertz CT molecular complexity index is 700. The lowest BCUT2D eigenvalue weighted by Crippen LogP contribution is -2.17. The highest BCUT2D eigenvalue weighted by atomic mass is 32.1. The van der Waals surface area contributed by atoms with Crippen LogP contribution in [-0.4, -0.2) is 10.4 Å². The number of thiophene rings is 2.